The predicted molar refractivity (Wildman–Crippen MR) is 50.4 cm³/mol. The van der Waals surface area contributed by atoms with E-state index in [-0.39, 0.29) is 0 Å². The van der Waals surface area contributed by atoms with Gasteiger partial charge in [-0.3, -0.25) is 0 Å². The Morgan fingerprint density at radius 2 is 2.18 bits per heavy atom. The van der Waals surface area contributed by atoms with Crippen molar-refractivity contribution in [1.82, 2.24) is 0 Å². The summed E-state index contributed by atoms with van der Waals surface area (Å²) in [5.41, 5.74) is 4.53. The molecule has 0 N–H and O–H groups in total. The van der Waals surface area contributed by atoms with Crippen LogP contribution in [0.3, 0.4) is 0 Å². The van der Waals surface area contributed by atoms with E-state index < -0.39 is 0 Å². The molecule has 0 fully saturated rings. The molecule has 0 aliphatic heterocycles. The fraction of sp³-hybridized carbons (Fsp3) is 0.111. The minimum atomic E-state index is 1.16. The minimum Gasteiger partial charge on any atom is -0.151 e. The third-order valence-electron chi connectivity index (χ3n) is 2.11. The third-order valence-corrected chi connectivity index (χ3v) is 3.90. The molecule has 1 aliphatic rings. The van der Waals surface area contributed by atoms with Crippen LogP contribution in [0.2, 0.25) is 0 Å². The van der Waals surface area contributed by atoms with Crippen LogP contribution in [0.25, 0.3) is 10.4 Å². The van der Waals surface area contributed by atoms with Crippen molar-refractivity contribution in [1.29, 1.82) is 0 Å². The monoisotopic (exact) mass is 178 g/mol. The average molecular weight is 178 g/mol. The Balaban J connectivity index is 2.38. The van der Waals surface area contributed by atoms with Crippen molar-refractivity contribution >= 4 is 22.7 Å². The fourth-order valence-electron chi connectivity index (χ4n) is 1.58. The van der Waals surface area contributed by atoms with Crippen LogP contribution in [-0.2, 0) is 6.42 Å². The van der Waals surface area contributed by atoms with Crippen LogP contribution in [0.4, 0.5) is 0 Å². The van der Waals surface area contributed by atoms with Crippen LogP contribution in [0.15, 0.2) is 22.2 Å². The zero-order valence-electron chi connectivity index (χ0n) is 5.83. The van der Waals surface area contributed by atoms with Crippen LogP contribution >= 0.6 is 22.7 Å². The van der Waals surface area contributed by atoms with E-state index in [9.17, 15) is 0 Å². The molecule has 54 valence electrons. The molecule has 0 atom stereocenters. The highest BCUT2D eigenvalue weighted by Gasteiger charge is 2.19. The third kappa shape index (κ3) is 0.686. The predicted octanol–water partition coefficient (Wildman–Crippen LogP) is 3.38. The normalized spacial score (nSPS) is 13.1. The number of thiophene rings is 2. The van der Waals surface area contributed by atoms with Crippen LogP contribution in [-0.4, -0.2) is 0 Å². The molecule has 2 aromatic rings. The van der Waals surface area contributed by atoms with E-state index in [1.54, 1.807) is 0 Å². The molecule has 2 heteroatoms. The van der Waals surface area contributed by atoms with E-state index in [2.05, 4.69) is 22.2 Å². The van der Waals surface area contributed by atoms with Crippen LogP contribution in [0.1, 0.15) is 11.1 Å². The second kappa shape index (κ2) is 1.96. The van der Waals surface area contributed by atoms with Crippen molar-refractivity contribution in [2.45, 2.75) is 6.42 Å². The van der Waals surface area contributed by atoms with Gasteiger partial charge in [0.15, 0.2) is 0 Å². The lowest BCUT2D eigenvalue weighted by atomic mass is 10.2. The zero-order valence-corrected chi connectivity index (χ0v) is 7.47. The van der Waals surface area contributed by atoms with Crippen molar-refractivity contribution in [3.8, 4) is 10.4 Å². The summed E-state index contributed by atoms with van der Waals surface area (Å²) < 4.78 is 0. The van der Waals surface area contributed by atoms with Crippen molar-refractivity contribution in [2.75, 3.05) is 0 Å². The Kier molecular flexibility index (Phi) is 1.06. The van der Waals surface area contributed by atoms with Crippen molar-refractivity contribution < 1.29 is 0 Å². The molecular formula is C9H6S2. The van der Waals surface area contributed by atoms with Gasteiger partial charge in [-0.1, -0.05) is 0 Å². The summed E-state index contributed by atoms with van der Waals surface area (Å²) in [6, 6.07) is 2.24. The zero-order chi connectivity index (χ0) is 7.26. The molecule has 0 bridgehead atoms. The molecule has 0 unspecified atom stereocenters. The molecule has 0 radical (unpaired) electrons. The molecule has 0 aromatic carbocycles. The SMILES string of the molecule is c1cc2c(s1)-c1cscc1C2. The van der Waals surface area contributed by atoms with Gasteiger partial charge in [0.25, 0.3) is 0 Å². The molecule has 2 heterocycles. The number of rotatable bonds is 0. The van der Waals surface area contributed by atoms with Gasteiger partial charge in [0.1, 0.15) is 0 Å². The van der Waals surface area contributed by atoms with E-state index in [1.165, 1.54) is 21.6 Å². The summed E-state index contributed by atoms with van der Waals surface area (Å²) in [4.78, 5) is 1.50. The molecule has 0 saturated heterocycles. The number of hydrogen-bond acceptors (Lipinski definition) is 2. The maximum absolute atomic E-state index is 2.27. The van der Waals surface area contributed by atoms with Gasteiger partial charge in [-0.2, -0.15) is 11.3 Å². The maximum atomic E-state index is 2.27. The standard InChI is InChI=1S/C9H6S2/c1-2-11-9-6(1)3-7-4-10-5-8(7)9/h1-2,4-5H,3H2. The lowest BCUT2D eigenvalue weighted by Gasteiger charge is -1.84. The topological polar surface area (TPSA) is 0 Å². The summed E-state index contributed by atoms with van der Waals surface area (Å²) in [6.07, 6.45) is 1.16. The molecule has 0 amide bonds. The highest BCUT2D eigenvalue weighted by atomic mass is 32.1. The van der Waals surface area contributed by atoms with Gasteiger partial charge in [-0.25, -0.2) is 0 Å². The summed E-state index contributed by atoms with van der Waals surface area (Å²) in [6.45, 7) is 0. The first-order valence-corrected chi connectivity index (χ1v) is 5.39. The van der Waals surface area contributed by atoms with Crippen LogP contribution in [0.5, 0.6) is 0 Å². The summed E-state index contributed by atoms with van der Waals surface area (Å²) in [5, 5.41) is 6.71. The van der Waals surface area contributed by atoms with Crippen molar-refractivity contribution in [3.05, 3.63) is 33.3 Å². The first kappa shape index (κ1) is 5.98. The highest BCUT2D eigenvalue weighted by molar-refractivity contribution is 7.14. The molecule has 2 aromatic heterocycles. The van der Waals surface area contributed by atoms with Gasteiger partial charge in [-0.15, -0.1) is 11.3 Å². The number of hydrogen-bond donors (Lipinski definition) is 0. The molecule has 1 aliphatic carbocycles. The lowest BCUT2D eigenvalue weighted by molar-refractivity contribution is 1.29. The Morgan fingerprint density at radius 1 is 1.18 bits per heavy atom. The quantitative estimate of drug-likeness (QED) is 0.495. The summed E-state index contributed by atoms with van der Waals surface area (Å²) in [5.74, 6) is 0. The largest absolute Gasteiger partial charge is 0.151 e. The number of fused-ring (bicyclic) bond motifs is 3. The second-order valence-corrected chi connectivity index (χ2v) is 4.42. The maximum Gasteiger partial charge on any atom is 0.0389 e. The smallest absolute Gasteiger partial charge is 0.0389 e. The van der Waals surface area contributed by atoms with E-state index in [0.717, 1.165) is 6.42 Å². The summed E-state index contributed by atoms with van der Waals surface area (Å²) >= 11 is 3.68. The second-order valence-electron chi connectivity index (χ2n) is 2.76. The first-order chi connectivity index (χ1) is 5.45. The fourth-order valence-corrected chi connectivity index (χ4v) is 3.48. The molecule has 3 rings (SSSR count). The Bertz CT molecular complexity index is 357. The van der Waals surface area contributed by atoms with Crippen molar-refractivity contribution in [2.24, 2.45) is 0 Å². The summed E-state index contributed by atoms with van der Waals surface area (Å²) in [7, 11) is 0. The molecule has 0 saturated carbocycles. The molecule has 0 spiro atoms. The lowest BCUT2D eigenvalue weighted by Crippen LogP contribution is -1.72. The van der Waals surface area contributed by atoms with Crippen LogP contribution < -0.4 is 0 Å². The molecule has 0 nitrogen and oxygen atoms in total. The van der Waals surface area contributed by atoms with Gasteiger partial charge in [-0.05, 0) is 33.3 Å². The van der Waals surface area contributed by atoms with E-state index in [1.807, 2.05) is 22.7 Å². The average Bonchev–Trinajstić information content (AvgIpc) is 2.52. The van der Waals surface area contributed by atoms with Gasteiger partial charge in [0, 0.05) is 16.9 Å². The van der Waals surface area contributed by atoms with Gasteiger partial charge >= 0.3 is 0 Å². The van der Waals surface area contributed by atoms with E-state index in [0.29, 0.717) is 0 Å². The highest BCUT2D eigenvalue weighted by Crippen LogP contribution is 2.41. The molecule has 11 heavy (non-hydrogen) atoms. The van der Waals surface area contributed by atoms with Gasteiger partial charge < -0.3 is 0 Å². The van der Waals surface area contributed by atoms with Crippen LogP contribution in [0, 0.1) is 0 Å². The minimum absolute atomic E-state index is 1.16. The Morgan fingerprint density at radius 3 is 3.18 bits per heavy atom. The van der Waals surface area contributed by atoms with Crippen molar-refractivity contribution in [3.63, 3.8) is 0 Å². The molecular weight excluding hydrogens is 172 g/mol. The Hall–Kier alpha value is -0.600. The van der Waals surface area contributed by atoms with E-state index >= 15 is 0 Å². The van der Waals surface area contributed by atoms with E-state index in [4.69, 9.17) is 0 Å². The van der Waals surface area contributed by atoms with Gasteiger partial charge in [0.05, 0.1) is 0 Å². The first-order valence-electron chi connectivity index (χ1n) is 3.57. The van der Waals surface area contributed by atoms with Gasteiger partial charge in [0.2, 0.25) is 0 Å². The Labute approximate surface area is 73.1 Å².